The Labute approximate surface area is 153 Å². The van der Waals surface area contributed by atoms with Gasteiger partial charge < -0.3 is 20.6 Å². The summed E-state index contributed by atoms with van der Waals surface area (Å²) in [7, 11) is 1.50. The maximum absolute atomic E-state index is 12.1. The van der Waals surface area contributed by atoms with E-state index in [1.54, 1.807) is 0 Å². The van der Waals surface area contributed by atoms with Crippen LogP contribution in [0.4, 0.5) is 0 Å². The summed E-state index contributed by atoms with van der Waals surface area (Å²) in [5.74, 6) is -5.52. The number of amides is 1. The lowest BCUT2D eigenvalue weighted by atomic mass is 9.87. The minimum atomic E-state index is -0.983. The second kappa shape index (κ2) is 10.8. The summed E-state index contributed by atoms with van der Waals surface area (Å²) in [4.78, 5) is 46.4. The lowest BCUT2D eigenvalue weighted by molar-refractivity contribution is -0.145. The molecular formula is C18H29NO7. The van der Waals surface area contributed by atoms with Crippen molar-refractivity contribution in [3.8, 4) is 0 Å². The van der Waals surface area contributed by atoms with E-state index in [4.69, 9.17) is 0 Å². The van der Waals surface area contributed by atoms with Crippen LogP contribution in [-0.4, -0.2) is 46.2 Å². The van der Waals surface area contributed by atoms with Crippen molar-refractivity contribution in [1.29, 1.82) is 0 Å². The monoisotopic (exact) mass is 371 g/mol. The van der Waals surface area contributed by atoms with Gasteiger partial charge in [-0.1, -0.05) is 6.42 Å². The van der Waals surface area contributed by atoms with Gasteiger partial charge in [0.2, 0.25) is 5.91 Å². The van der Waals surface area contributed by atoms with Gasteiger partial charge in [0.05, 0.1) is 17.8 Å². The predicted octanol–water partition coefficient (Wildman–Crippen LogP) is 1.98. The van der Waals surface area contributed by atoms with Gasteiger partial charge in [-0.15, -0.1) is 0 Å². The Kier molecular flexibility index (Phi) is 9.09. The fraction of sp³-hybridized carbons (Fsp3) is 0.778. The zero-order valence-electron chi connectivity index (χ0n) is 15.1. The standard InChI is InChI=1S/C18H29NO7/c1-19-15(20)11-5-7-12(16(21)22)3-2-4-13(17(23)24)9-10-14(8-6-11)18(25)26/h11-14H,2-10H2,1H3,(H,19,20)(H,21,22)(H,23,24)(H,25,26). The highest BCUT2D eigenvalue weighted by atomic mass is 16.4. The van der Waals surface area contributed by atoms with Crippen molar-refractivity contribution in [2.24, 2.45) is 23.7 Å². The molecule has 26 heavy (non-hydrogen) atoms. The molecule has 8 nitrogen and oxygen atoms in total. The minimum Gasteiger partial charge on any atom is -0.481 e. The number of carboxylic acid groups (broad SMARTS) is 3. The largest absolute Gasteiger partial charge is 0.481 e. The summed E-state index contributed by atoms with van der Waals surface area (Å²) in [6, 6.07) is 0. The van der Waals surface area contributed by atoms with Crippen molar-refractivity contribution in [3.63, 3.8) is 0 Å². The number of rotatable bonds is 4. The predicted molar refractivity (Wildman–Crippen MR) is 92.5 cm³/mol. The highest BCUT2D eigenvalue weighted by Crippen LogP contribution is 2.29. The molecule has 1 saturated carbocycles. The fourth-order valence-corrected chi connectivity index (χ4v) is 3.60. The van der Waals surface area contributed by atoms with Crippen LogP contribution in [0.3, 0.4) is 0 Å². The van der Waals surface area contributed by atoms with Gasteiger partial charge in [0, 0.05) is 13.0 Å². The highest BCUT2D eigenvalue weighted by molar-refractivity contribution is 5.78. The van der Waals surface area contributed by atoms with E-state index in [1.807, 2.05) is 0 Å². The summed E-state index contributed by atoms with van der Waals surface area (Å²) >= 11 is 0. The first-order valence-electron chi connectivity index (χ1n) is 9.16. The fourth-order valence-electron chi connectivity index (χ4n) is 3.60. The number of carboxylic acids is 3. The second-order valence-corrected chi connectivity index (χ2v) is 7.08. The Bertz CT molecular complexity index is 520. The zero-order valence-corrected chi connectivity index (χ0v) is 15.1. The Morgan fingerprint density at radius 1 is 0.615 bits per heavy atom. The maximum Gasteiger partial charge on any atom is 0.306 e. The van der Waals surface area contributed by atoms with E-state index in [-0.39, 0.29) is 25.2 Å². The van der Waals surface area contributed by atoms with Crippen molar-refractivity contribution in [2.45, 2.75) is 57.8 Å². The third-order valence-electron chi connectivity index (χ3n) is 5.36. The molecule has 1 fully saturated rings. The third kappa shape index (κ3) is 7.01. The molecule has 0 saturated heterocycles. The quantitative estimate of drug-likeness (QED) is 0.592. The summed E-state index contributed by atoms with van der Waals surface area (Å²) in [5, 5.41) is 30.7. The van der Waals surface area contributed by atoms with Gasteiger partial charge >= 0.3 is 17.9 Å². The third-order valence-corrected chi connectivity index (χ3v) is 5.36. The molecule has 0 heterocycles. The van der Waals surface area contributed by atoms with Crippen LogP contribution in [0.15, 0.2) is 0 Å². The van der Waals surface area contributed by atoms with Gasteiger partial charge in [0.15, 0.2) is 0 Å². The Hall–Kier alpha value is -2.12. The summed E-state index contributed by atoms with van der Waals surface area (Å²) < 4.78 is 0. The molecule has 4 atom stereocenters. The van der Waals surface area contributed by atoms with Gasteiger partial charge in [-0.2, -0.15) is 0 Å². The number of carbonyl (C=O) groups is 4. The molecule has 0 aromatic heterocycles. The first-order chi connectivity index (χ1) is 12.3. The van der Waals surface area contributed by atoms with Gasteiger partial charge in [-0.3, -0.25) is 19.2 Å². The molecule has 0 spiro atoms. The molecule has 148 valence electrons. The van der Waals surface area contributed by atoms with E-state index in [9.17, 15) is 34.5 Å². The molecule has 4 unspecified atom stereocenters. The number of nitrogens with one attached hydrogen (secondary N) is 1. The van der Waals surface area contributed by atoms with Crippen molar-refractivity contribution in [1.82, 2.24) is 5.32 Å². The van der Waals surface area contributed by atoms with Crippen molar-refractivity contribution in [3.05, 3.63) is 0 Å². The van der Waals surface area contributed by atoms with Crippen LogP contribution in [0.5, 0.6) is 0 Å². The zero-order chi connectivity index (χ0) is 19.7. The first-order valence-corrected chi connectivity index (χ1v) is 9.16. The lowest BCUT2D eigenvalue weighted by Gasteiger charge is -2.19. The van der Waals surface area contributed by atoms with Crippen LogP contribution >= 0.6 is 0 Å². The van der Waals surface area contributed by atoms with Crippen LogP contribution in [0, 0.1) is 23.7 Å². The van der Waals surface area contributed by atoms with E-state index in [0.29, 0.717) is 38.5 Å². The molecule has 1 aliphatic rings. The maximum atomic E-state index is 12.1. The van der Waals surface area contributed by atoms with Gasteiger partial charge in [0.1, 0.15) is 0 Å². The van der Waals surface area contributed by atoms with E-state index in [1.165, 1.54) is 7.05 Å². The molecule has 1 amide bonds. The lowest BCUT2D eigenvalue weighted by Crippen LogP contribution is -2.29. The van der Waals surface area contributed by atoms with Crippen LogP contribution in [0.2, 0.25) is 0 Å². The Morgan fingerprint density at radius 2 is 0.923 bits per heavy atom. The first kappa shape index (κ1) is 21.9. The smallest absolute Gasteiger partial charge is 0.306 e. The normalized spacial score (nSPS) is 28.7. The Balaban J connectivity index is 2.95. The van der Waals surface area contributed by atoms with Crippen molar-refractivity contribution in [2.75, 3.05) is 7.05 Å². The van der Waals surface area contributed by atoms with Crippen LogP contribution in [0.1, 0.15) is 57.8 Å². The molecule has 0 aliphatic heterocycles. The topological polar surface area (TPSA) is 141 Å². The van der Waals surface area contributed by atoms with Crippen LogP contribution < -0.4 is 5.32 Å². The van der Waals surface area contributed by atoms with E-state index >= 15 is 0 Å². The Morgan fingerprint density at radius 3 is 1.23 bits per heavy atom. The summed E-state index contributed by atoms with van der Waals surface area (Å²) in [5.41, 5.74) is 0. The molecule has 0 radical (unpaired) electrons. The molecule has 8 heteroatoms. The number of hydrogen-bond acceptors (Lipinski definition) is 4. The SMILES string of the molecule is CNC(=O)C1CCC(C(=O)O)CCCC(C(=O)O)CCC(C(=O)O)CC1. The van der Waals surface area contributed by atoms with Gasteiger partial charge in [0.25, 0.3) is 0 Å². The average Bonchev–Trinajstić information content (AvgIpc) is 2.59. The van der Waals surface area contributed by atoms with Gasteiger partial charge in [-0.25, -0.2) is 0 Å². The molecule has 0 aromatic carbocycles. The number of hydrogen-bond donors (Lipinski definition) is 4. The molecule has 4 N–H and O–H groups in total. The summed E-state index contributed by atoms with van der Waals surface area (Å²) in [6.07, 6.45) is 2.97. The molecular weight excluding hydrogens is 342 g/mol. The molecule has 1 aliphatic carbocycles. The van der Waals surface area contributed by atoms with Crippen LogP contribution in [0.25, 0.3) is 0 Å². The molecule has 0 aromatic rings. The van der Waals surface area contributed by atoms with E-state index in [2.05, 4.69) is 5.32 Å². The van der Waals surface area contributed by atoms with Gasteiger partial charge in [-0.05, 0) is 51.4 Å². The van der Waals surface area contributed by atoms with E-state index in [0.717, 1.165) is 0 Å². The summed E-state index contributed by atoms with van der Waals surface area (Å²) in [6.45, 7) is 0. The number of aliphatic carboxylic acids is 3. The molecule has 1 rings (SSSR count). The van der Waals surface area contributed by atoms with Crippen molar-refractivity contribution >= 4 is 23.8 Å². The number of carbonyl (C=O) groups excluding carboxylic acids is 1. The molecule has 0 bridgehead atoms. The highest BCUT2D eigenvalue weighted by Gasteiger charge is 2.28. The minimum absolute atomic E-state index is 0.212. The second-order valence-electron chi connectivity index (χ2n) is 7.08. The van der Waals surface area contributed by atoms with Crippen LogP contribution in [-0.2, 0) is 19.2 Å². The van der Waals surface area contributed by atoms with E-state index < -0.39 is 41.6 Å². The average molecular weight is 371 g/mol. The van der Waals surface area contributed by atoms with Crippen molar-refractivity contribution < 1.29 is 34.5 Å².